The van der Waals surface area contributed by atoms with E-state index in [2.05, 4.69) is 5.32 Å². The molecule has 7 nitrogen and oxygen atoms in total. The third-order valence-corrected chi connectivity index (χ3v) is 6.23. The molecule has 0 spiro atoms. The predicted octanol–water partition coefficient (Wildman–Crippen LogP) is 3.67. The first-order valence-corrected chi connectivity index (χ1v) is 11.0. The lowest BCUT2D eigenvalue weighted by Gasteiger charge is -2.33. The van der Waals surface area contributed by atoms with Crippen LogP contribution in [0, 0.1) is 6.92 Å². The predicted molar refractivity (Wildman–Crippen MR) is 121 cm³/mol. The fraction of sp³-hybridized carbons (Fsp3) is 0.360. The highest BCUT2D eigenvalue weighted by molar-refractivity contribution is 6.23. The Morgan fingerprint density at radius 1 is 1.00 bits per heavy atom. The Balaban J connectivity index is 1.63. The quantitative estimate of drug-likeness (QED) is 0.729. The van der Waals surface area contributed by atoms with E-state index in [0.717, 1.165) is 36.1 Å². The van der Waals surface area contributed by atoms with Gasteiger partial charge in [0, 0.05) is 24.2 Å². The largest absolute Gasteiger partial charge is 0.326 e. The van der Waals surface area contributed by atoms with Crippen LogP contribution in [0.1, 0.15) is 54.9 Å². The number of rotatable bonds is 5. The summed E-state index contributed by atoms with van der Waals surface area (Å²) in [6, 6.07) is 13.1. The van der Waals surface area contributed by atoms with Gasteiger partial charge in [-0.15, -0.1) is 0 Å². The Bertz CT molecular complexity index is 1060. The van der Waals surface area contributed by atoms with E-state index in [1.54, 1.807) is 35.2 Å². The maximum Gasteiger partial charge on any atom is 0.257 e. The molecular formula is C25H27N3O4. The lowest BCUT2D eigenvalue weighted by molar-refractivity contribution is -0.123. The fourth-order valence-corrected chi connectivity index (χ4v) is 4.70. The average Bonchev–Trinajstić information content (AvgIpc) is 3.38. The smallest absolute Gasteiger partial charge is 0.257 e. The van der Waals surface area contributed by atoms with Crippen molar-refractivity contribution in [2.75, 3.05) is 10.2 Å². The molecule has 0 bridgehead atoms. The van der Waals surface area contributed by atoms with Gasteiger partial charge in [-0.2, -0.15) is 0 Å². The molecule has 1 aliphatic carbocycles. The van der Waals surface area contributed by atoms with E-state index in [4.69, 9.17) is 0 Å². The van der Waals surface area contributed by atoms with Crippen molar-refractivity contribution in [3.63, 3.8) is 0 Å². The number of imide groups is 1. The first kappa shape index (κ1) is 21.7. The number of hydrogen-bond acceptors (Lipinski definition) is 4. The molecule has 166 valence electrons. The van der Waals surface area contributed by atoms with E-state index in [-0.39, 0.29) is 36.1 Å². The van der Waals surface area contributed by atoms with Crippen molar-refractivity contribution >= 4 is 35.0 Å². The van der Waals surface area contributed by atoms with Gasteiger partial charge in [-0.1, -0.05) is 31.0 Å². The standard InChI is InChI=1S/C25H27N3O4/c1-16-7-3-6-10-21(16)24(31)27(19-8-4-5-9-19)22-15-23(30)28(25(22)32)20-13-11-18(12-14-20)26-17(2)29/h3,6-7,10-14,19,22H,4-5,8-9,15H2,1-2H3,(H,26,29). The maximum atomic E-state index is 13.6. The highest BCUT2D eigenvalue weighted by atomic mass is 16.2. The second-order valence-electron chi connectivity index (χ2n) is 8.48. The zero-order valence-electron chi connectivity index (χ0n) is 18.3. The molecule has 4 amide bonds. The number of carbonyl (C=O) groups is 4. The Morgan fingerprint density at radius 3 is 2.28 bits per heavy atom. The Morgan fingerprint density at radius 2 is 1.66 bits per heavy atom. The summed E-state index contributed by atoms with van der Waals surface area (Å²) in [6.45, 7) is 3.29. The SMILES string of the molecule is CC(=O)Nc1ccc(N2C(=O)CC(N(C(=O)c3ccccc3C)C3CCCC3)C2=O)cc1. The minimum Gasteiger partial charge on any atom is -0.326 e. The number of nitrogens with one attached hydrogen (secondary N) is 1. The molecule has 2 aromatic carbocycles. The molecule has 1 heterocycles. The number of hydrogen-bond donors (Lipinski definition) is 1. The summed E-state index contributed by atoms with van der Waals surface area (Å²) in [6.07, 6.45) is 3.65. The van der Waals surface area contributed by atoms with Crippen molar-refractivity contribution in [3.05, 3.63) is 59.7 Å². The minimum atomic E-state index is -0.812. The Kier molecular flexibility index (Phi) is 6.08. The van der Waals surface area contributed by atoms with Crippen molar-refractivity contribution in [1.82, 2.24) is 4.90 Å². The van der Waals surface area contributed by atoms with Gasteiger partial charge in [0.25, 0.3) is 11.8 Å². The van der Waals surface area contributed by atoms with Gasteiger partial charge in [0.2, 0.25) is 11.8 Å². The number of nitrogens with zero attached hydrogens (tertiary/aromatic N) is 2. The third kappa shape index (κ3) is 4.15. The van der Waals surface area contributed by atoms with E-state index in [1.165, 1.54) is 6.92 Å². The topological polar surface area (TPSA) is 86.8 Å². The summed E-state index contributed by atoms with van der Waals surface area (Å²) in [5.41, 5.74) is 2.44. The van der Waals surface area contributed by atoms with Crippen molar-refractivity contribution in [2.24, 2.45) is 0 Å². The number of benzene rings is 2. The molecular weight excluding hydrogens is 406 g/mol. The molecule has 0 aromatic heterocycles. The van der Waals surface area contributed by atoms with E-state index in [9.17, 15) is 19.2 Å². The van der Waals surface area contributed by atoms with Crippen LogP contribution in [-0.2, 0) is 14.4 Å². The van der Waals surface area contributed by atoms with Crippen LogP contribution < -0.4 is 10.2 Å². The lowest BCUT2D eigenvalue weighted by Crippen LogP contribution is -2.50. The fourth-order valence-electron chi connectivity index (χ4n) is 4.70. The van der Waals surface area contributed by atoms with E-state index in [1.807, 2.05) is 25.1 Å². The highest BCUT2D eigenvalue weighted by Gasteiger charge is 2.47. The maximum absolute atomic E-state index is 13.6. The summed E-state index contributed by atoms with van der Waals surface area (Å²) in [4.78, 5) is 54.0. The van der Waals surface area contributed by atoms with Crippen molar-refractivity contribution in [2.45, 2.75) is 58.0 Å². The van der Waals surface area contributed by atoms with Crippen LogP contribution in [0.25, 0.3) is 0 Å². The molecule has 1 N–H and O–H groups in total. The minimum absolute atomic E-state index is 0.0274. The third-order valence-electron chi connectivity index (χ3n) is 6.23. The molecule has 0 radical (unpaired) electrons. The summed E-state index contributed by atoms with van der Waals surface area (Å²) < 4.78 is 0. The molecule has 1 aliphatic heterocycles. The van der Waals surface area contributed by atoms with Gasteiger partial charge in [0.05, 0.1) is 12.1 Å². The second-order valence-corrected chi connectivity index (χ2v) is 8.48. The van der Waals surface area contributed by atoms with Crippen LogP contribution >= 0.6 is 0 Å². The second kappa shape index (κ2) is 8.94. The summed E-state index contributed by atoms with van der Waals surface area (Å²) in [5.74, 6) is -1.10. The van der Waals surface area contributed by atoms with Gasteiger partial charge < -0.3 is 10.2 Å². The summed E-state index contributed by atoms with van der Waals surface area (Å²) in [5, 5.41) is 2.67. The zero-order valence-corrected chi connectivity index (χ0v) is 18.3. The van der Waals surface area contributed by atoms with Crippen LogP contribution in [0.5, 0.6) is 0 Å². The van der Waals surface area contributed by atoms with Gasteiger partial charge in [0.15, 0.2) is 0 Å². The monoisotopic (exact) mass is 433 g/mol. The van der Waals surface area contributed by atoms with Crippen molar-refractivity contribution < 1.29 is 19.2 Å². The van der Waals surface area contributed by atoms with Crippen LogP contribution in [0.2, 0.25) is 0 Å². The van der Waals surface area contributed by atoms with Gasteiger partial charge in [-0.05, 0) is 55.7 Å². The highest BCUT2D eigenvalue weighted by Crippen LogP contribution is 2.33. The summed E-state index contributed by atoms with van der Waals surface area (Å²) >= 11 is 0. The molecule has 1 atom stereocenters. The Hall–Kier alpha value is -3.48. The summed E-state index contributed by atoms with van der Waals surface area (Å²) in [7, 11) is 0. The zero-order chi connectivity index (χ0) is 22.8. The molecule has 2 aromatic rings. The molecule has 1 unspecified atom stereocenters. The number of anilines is 2. The van der Waals surface area contributed by atoms with Gasteiger partial charge >= 0.3 is 0 Å². The average molecular weight is 434 g/mol. The van der Waals surface area contributed by atoms with Gasteiger partial charge in [-0.3, -0.25) is 19.2 Å². The lowest BCUT2D eigenvalue weighted by atomic mass is 10.0. The van der Waals surface area contributed by atoms with E-state index < -0.39 is 6.04 Å². The first-order valence-electron chi connectivity index (χ1n) is 11.0. The molecule has 32 heavy (non-hydrogen) atoms. The van der Waals surface area contributed by atoms with Crippen LogP contribution in [0.4, 0.5) is 11.4 Å². The number of carbonyl (C=O) groups excluding carboxylic acids is 4. The molecule has 2 fully saturated rings. The van der Waals surface area contributed by atoms with E-state index >= 15 is 0 Å². The van der Waals surface area contributed by atoms with Gasteiger partial charge in [-0.25, -0.2) is 4.90 Å². The van der Waals surface area contributed by atoms with Crippen molar-refractivity contribution in [1.29, 1.82) is 0 Å². The number of aryl methyl sites for hydroxylation is 1. The van der Waals surface area contributed by atoms with Crippen LogP contribution in [0.15, 0.2) is 48.5 Å². The van der Waals surface area contributed by atoms with Gasteiger partial charge in [0.1, 0.15) is 6.04 Å². The Labute approximate surface area is 187 Å². The first-order chi connectivity index (χ1) is 15.4. The van der Waals surface area contributed by atoms with Crippen LogP contribution in [0.3, 0.4) is 0 Å². The molecule has 1 saturated carbocycles. The molecule has 4 rings (SSSR count). The van der Waals surface area contributed by atoms with Crippen molar-refractivity contribution in [3.8, 4) is 0 Å². The number of amides is 4. The molecule has 1 saturated heterocycles. The van der Waals surface area contributed by atoms with Crippen LogP contribution in [-0.4, -0.2) is 40.6 Å². The normalized spacial score (nSPS) is 18.8. The van der Waals surface area contributed by atoms with E-state index in [0.29, 0.717) is 16.9 Å². The molecule has 7 heteroatoms. The molecule has 2 aliphatic rings.